The summed E-state index contributed by atoms with van der Waals surface area (Å²) in [6, 6.07) is 24.5. The molecule has 0 atom stereocenters. The van der Waals surface area contributed by atoms with Crippen LogP contribution >= 0.6 is 0 Å². The highest BCUT2D eigenvalue weighted by atomic mass is 16.5. The van der Waals surface area contributed by atoms with E-state index in [-0.39, 0.29) is 11.2 Å². The Morgan fingerprint density at radius 2 is 1.67 bits per heavy atom. The molecule has 3 aromatic carbocycles. The fraction of sp³-hybridized carbons (Fsp3) is 0.160. The minimum absolute atomic E-state index is 0.210. The summed E-state index contributed by atoms with van der Waals surface area (Å²) >= 11 is 0. The van der Waals surface area contributed by atoms with Crippen molar-refractivity contribution in [3.63, 3.8) is 0 Å². The van der Waals surface area contributed by atoms with E-state index in [2.05, 4.69) is 5.10 Å². The summed E-state index contributed by atoms with van der Waals surface area (Å²) in [5.74, 6) is 1.25. The van der Waals surface area contributed by atoms with Crippen LogP contribution in [-0.4, -0.2) is 21.5 Å². The van der Waals surface area contributed by atoms with Gasteiger partial charge in [0.25, 0.3) is 5.56 Å². The van der Waals surface area contributed by atoms with Crippen LogP contribution in [0.15, 0.2) is 88.8 Å². The molecule has 0 aliphatic carbocycles. The van der Waals surface area contributed by atoms with Crippen LogP contribution in [-0.2, 0) is 0 Å². The Morgan fingerprint density at radius 3 is 2.43 bits per heavy atom. The number of fused-ring (bicyclic) bond motifs is 1. The maximum atomic E-state index is 13.2. The summed E-state index contributed by atoms with van der Waals surface area (Å²) < 4.78 is 7.28. The van der Waals surface area contributed by atoms with Crippen LogP contribution in [0.5, 0.6) is 5.75 Å². The van der Waals surface area contributed by atoms with E-state index < -0.39 is 0 Å². The average Bonchev–Trinajstić information content (AvgIpc) is 2.73. The molecule has 0 radical (unpaired) electrons. The van der Waals surface area contributed by atoms with Gasteiger partial charge in [0.2, 0.25) is 0 Å². The van der Waals surface area contributed by atoms with Gasteiger partial charge in [-0.05, 0) is 50.6 Å². The second-order valence-electron chi connectivity index (χ2n) is 7.97. The van der Waals surface area contributed by atoms with Crippen LogP contribution in [0.2, 0.25) is 0 Å². The van der Waals surface area contributed by atoms with E-state index in [4.69, 9.17) is 9.72 Å². The lowest BCUT2D eigenvalue weighted by molar-refractivity contribution is 0.131. The van der Waals surface area contributed by atoms with Crippen LogP contribution in [0.3, 0.4) is 0 Å². The molecule has 5 heteroatoms. The van der Waals surface area contributed by atoms with Gasteiger partial charge in [0, 0.05) is 5.56 Å². The summed E-state index contributed by atoms with van der Waals surface area (Å²) in [4.78, 5) is 17.9. The molecule has 0 spiro atoms. The van der Waals surface area contributed by atoms with Crippen molar-refractivity contribution in [2.24, 2.45) is 5.10 Å². The van der Waals surface area contributed by atoms with Gasteiger partial charge in [0.15, 0.2) is 5.82 Å². The van der Waals surface area contributed by atoms with E-state index in [0.717, 1.165) is 16.9 Å². The first-order valence-corrected chi connectivity index (χ1v) is 9.81. The number of para-hydroxylation sites is 1. The van der Waals surface area contributed by atoms with E-state index in [1.54, 1.807) is 12.3 Å². The van der Waals surface area contributed by atoms with Gasteiger partial charge in [-0.15, -0.1) is 0 Å². The van der Waals surface area contributed by atoms with Gasteiger partial charge in [0.05, 0.1) is 17.1 Å². The standard InChI is InChI=1S/C25H23N3O2/c1-25(2,3)30-20-13-9-10-18(16-20)17-26-28-23(19-11-5-4-6-12-19)27-22-15-8-7-14-21(22)24(28)29/h4-17H,1-3H3. The Labute approximate surface area is 175 Å². The molecule has 0 saturated heterocycles. The molecule has 0 fully saturated rings. The van der Waals surface area contributed by atoms with Crippen molar-refractivity contribution >= 4 is 17.1 Å². The maximum Gasteiger partial charge on any atom is 0.282 e. The Hall–Kier alpha value is -3.73. The lowest BCUT2D eigenvalue weighted by atomic mass is 10.1. The van der Waals surface area contributed by atoms with Crippen LogP contribution in [0.4, 0.5) is 0 Å². The molecule has 4 aromatic rings. The van der Waals surface area contributed by atoms with Gasteiger partial charge < -0.3 is 4.74 Å². The number of ether oxygens (including phenoxy) is 1. The lowest BCUT2D eigenvalue weighted by Crippen LogP contribution is -2.23. The van der Waals surface area contributed by atoms with Crippen LogP contribution in [0, 0.1) is 0 Å². The predicted molar refractivity (Wildman–Crippen MR) is 121 cm³/mol. The molecule has 4 rings (SSSR count). The summed E-state index contributed by atoms with van der Waals surface area (Å²) in [6.07, 6.45) is 1.65. The van der Waals surface area contributed by atoms with Gasteiger partial charge in [-0.1, -0.05) is 54.6 Å². The first kappa shape index (κ1) is 19.6. The van der Waals surface area contributed by atoms with E-state index in [9.17, 15) is 4.79 Å². The van der Waals surface area contributed by atoms with Crippen LogP contribution in [0.25, 0.3) is 22.3 Å². The van der Waals surface area contributed by atoms with Gasteiger partial charge >= 0.3 is 0 Å². The lowest BCUT2D eigenvalue weighted by Gasteiger charge is -2.21. The van der Waals surface area contributed by atoms with Crippen molar-refractivity contribution in [3.8, 4) is 17.1 Å². The quantitative estimate of drug-likeness (QED) is 0.449. The second-order valence-corrected chi connectivity index (χ2v) is 7.97. The molecule has 0 aliphatic rings. The maximum absolute atomic E-state index is 13.2. The largest absolute Gasteiger partial charge is 0.488 e. The Kier molecular flexibility index (Phi) is 5.19. The Morgan fingerprint density at radius 1 is 0.933 bits per heavy atom. The predicted octanol–water partition coefficient (Wildman–Crippen LogP) is 5.12. The monoisotopic (exact) mass is 397 g/mol. The molecule has 0 aliphatic heterocycles. The van der Waals surface area contributed by atoms with Crippen molar-refractivity contribution in [2.75, 3.05) is 0 Å². The number of benzene rings is 3. The summed E-state index contributed by atoms with van der Waals surface area (Å²) in [5, 5.41) is 5.03. The minimum atomic E-state index is -0.296. The molecular formula is C25H23N3O2. The fourth-order valence-corrected chi connectivity index (χ4v) is 3.14. The van der Waals surface area contributed by atoms with Crippen LogP contribution < -0.4 is 10.3 Å². The van der Waals surface area contributed by atoms with Crippen molar-refractivity contribution in [1.29, 1.82) is 0 Å². The molecule has 1 heterocycles. The minimum Gasteiger partial charge on any atom is -0.488 e. The third kappa shape index (κ3) is 4.30. The van der Waals surface area contributed by atoms with Gasteiger partial charge in [-0.2, -0.15) is 9.78 Å². The third-order valence-corrected chi connectivity index (χ3v) is 4.39. The number of hydrogen-bond acceptors (Lipinski definition) is 4. The van der Waals surface area contributed by atoms with E-state index >= 15 is 0 Å². The number of hydrogen-bond donors (Lipinski definition) is 0. The normalized spacial score (nSPS) is 11.8. The smallest absolute Gasteiger partial charge is 0.282 e. The fourth-order valence-electron chi connectivity index (χ4n) is 3.14. The van der Waals surface area contributed by atoms with E-state index in [1.807, 2.05) is 93.6 Å². The highest BCUT2D eigenvalue weighted by molar-refractivity contribution is 5.82. The van der Waals surface area contributed by atoms with Crippen molar-refractivity contribution in [2.45, 2.75) is 26.4 Å². The zero-order chi connectivity index (χ0) is 21.1. The zero-order valence-electron chi connectivity index (χ0n) is 17.2. The van der Waals surface area contributed by atoms with Gasteiger partial charge in [-0.25, -0.2) is 4.98 Å². The van der Waals surface area contributed by atoms with E-state index in [0.29, 0.717) is 16.7 Å². The van der Waals surface area contributed by atoms with Crippen molar-refractivity contribution in [1.82, 2.24) is 9.66 Å². The Balaban J connectivity index is 1.82. The summed E-state index contributed by atoms with van der Waals surface area (Å²) in [6.45, 7) is 6.00. The molecule has 1 aromatic heterocycles. The first-order chi connectivity index (χ1) is 14.4. The molecule has 150 valence electrons. The SMILES string of the molecule is CC(C)(C)Oc1cccc(C=Nn2c(-c3ccccc3)nc3ccccc3c2=O)c1. The second kappa shape index (κ2) is 7.95. The Bertz CT molecular complexity index is 1270. The molecule has 0 saturated carbocycles. The first-order valence-electron chi connectivity index (χ1n) is 9.81. The van der Waals surface area contributed by atoms with Crippen molar-refractivity contribution in [3.05, 3.63) is 94.8 Å². The molecule has 30 heavy (non-hydrogen) atoms. The van der Waals surface area contributed by atoms with Crippen molar-refractivity contribution < 1.29 is 4.74 Å². The molecule has 5 nitrogen and oxygen atoms in total. The molecule has 0 bridgehead atoms. The molecule has 0 N–H and O–H groups in total. The van der Waals surface area contributed by atoms with Gasteiger partial charge in [-0.3, -0.25) is 4.79 Å². The summed E-state index contributed by atoms with van der Waals surface area (Å²) in [5.41, 5.74) is 1.79. The number of aromatic nitrogens is 2. The highest BCUT2D eigenvalue weighted by Crippen LogP contribution is 2.20. The van der Waals surface area contributed by atoms with E-state index in [1.165, 1.54) is 4.68 Å². The van der Waals surface area contributed by atoms with Gasteiger partial charge in [0.1, 0.15) is 11.4 Å². The van der Waals surface area contributed by atoms with Crippen LogP contribution in [0.1, 0.15) is 26.3 Å². The molecule has 0 amide bonds. The number of nitrogens with zero attached hydrogens (tertiary/aromatic N) is 3. The zero-order valence-corrected chi connectivity index (χ0v) is 17.2. The topological polar surface area (TPSA) is 56.5 Å². The summed E-state index contributed by atoms with van der Waals surface area (Å²) in [7, 11) is 0. The number of rotatable bonds is 4. The highest BCUT2D eigenvalue weighted by Gasteiger charge is 2.13. The third-order valence-electron chi connectivity index (χ3n) is 4.39. The average molecular weight is 397 g/mol. The molecule has 0 unspecified atom stereocenters. The molecular weight excluding hydrogens is 374 g/mol.